The number of halogens is 1. The fraction of sp³-hybridized carbons (Fsp3) is 1.00. The van der Waals surface area contributed by atoms with Crippen molar-refractivity contribution in [2.45, 2.75) is 32.1 Å². The molecule has 0 aromatic carbocycles. The van der Waals surface area contributed by atoms with Crippen LogP contribution in [0, 0.1) is 5.92 Å². The van der Waals surface area contributed by atoms with Crippen LogP contribution < -0.4 is 0 Å². The van der Waals surface area contributed by atoms with Crippen molar-refractivity contribution in [3.63, 3.8) is 0 Å². The van der Waals surface area contributed by atoms with Crippen LogP contribution in [0.2, 0.25) is 0 Å². The Balaban J connectivity index is 2.21. The van der Waals surface area contributed by atoms with Crippen LogP contribution in [0.4, 0.5) is 0 Å². The Morgan fingerprint density at radius 2 is 1.93 bits per heavy atom. The van der Waals surface area contributed by atoms with Gasteiger partial charge in [-0.1, -0.05) is 6.42 Å². The molecule has 5 heteroatoms. The number of rotatable bonds is 8. The van der Waals surface area contributed by atoms with Crippen molar-refractivity contribution >= 4 is 21.6 Å². The molecule has 0 amide bonds. The topological polar surface area (TPSA) is 37.4 Å². The minimum atomic E-state index is -2.98. The Morgan fingerprint density at radius 3 is 2.47 bits per heavy atom. The van der Waals surface area contributed by atoms with Gasteiger partial charge in [0.1, 0.15) is 0 Å². The summed E-state index contributed by atoms with van der Waals surface area (Å²) in [5, 5.41) is 0. The molecule has 1 saturated carbocycles. The van der Waals surface area contributed by atoms with Crippen molar-refractivity contribution in [1.29, 1.82) is 0 Å². The highest BCUT2D eigenvalue weighted by Crippen LogP contribution is 2.30. The van der Waals surface area contributed by atoms with Crippen LogP contribution in [0.1, 0.15) is 32.1 Å². The summed E-state index contributed by atoms with van der Waals surface area (Å²) >= 11 is 5.55. The van der Waals surface area contributed by atoms with Gasteiger partial charge in [0.15, 0.2) is 0 Å². The molecule has 1 aliphatic carbocycles. The van der Waals surface area contributed by atoms with Gasteiger partial charge in [0.2, 0.25) is 10.0 Å². The van der Waals surface area contributed by atoms with E-state index >= 15 is 0 Å². The molecule has 15 heavy (non-hydrogen) atoms. The summed E-state index contributed by atoms with van der Waals surface area (Å²) in [6, 6.07) is 0. The van der Waals surface area contributed by atoms with Gasteiger partial charge in [-0.3, -0.25) is 0 Å². The zero-order chi connectivity index (χ0) is 11.3. The van der Waals surface area contributed by atoms with E-state index in [-0.39, 0.29) is 0 Å². The second-order valence-electron chi connectivity index (χ2n) is 4.29. The first-order valence-electron chi connectivity index (χ1n) is 5.56. The predicted molar refractivity (Wildman–Crippen MR) is 63.7 cm³/mol. The van der Waals surface area contributed by atoms with Crippen molar-refractivity contribution in [3.05, 3.63) is 0 Å². The standard InChI is InChI=1S/C10H20ClNO2S/c1-12(8-4-2-3-7-11)15(13,14)9-10-5-6-10/h10H,2-9H2,1H3. The normalized spacial score (nSPS) is 17.3. The van der Waals surface area contributed by atoms with E-state index in [9.17, 15) is 8.42 Å². The fourth-order valence-corrected chi connectivity index (χ4v) is 3.23. The SMILES string of the molecule is CN(CCCCCCl)S(=O)(=O)CC1CC1. The number of nitrogens with zero attached hydrogens (tertiary/aromatic N) is 1. The highest BCUT2D eigenvalue weighted by molar-refractivity contribution is 7.89. The summed E-state index contributed by atoms with van der Waals surface area (Å²) < 4.78 is 25.0. The second kappa shape index (κ2) is 6.06. The maximum Gasteiger partial charge on any atom is 0.214 e. The molecule has 3 nitrogen and oxygen atoms in total. The molecule has 0 aromatic rings. The Labute approximate surface area is 97.8 Å². The van der Waals surface area contributed by atoms with Crippen LogP contribution in [0.25, 0.3) is 0 Å². The van der Waals surface area contributed by atoms with E-state index in [0.717, 1.165) is 32.1 Å². The second-order valence-corrected chi connectivity index (χ2v) is 6.79. The van der Waals surface area contributed by atoms with Crippen LogP contribution in [0.3, 0.4) is 0 Å². The first-order valence-corrected chi connectivity index (χ1v) is 7.70. The third-order valence-electron chi connectivity index (χ3n) is 2.72. The van der Waals surface area contributed by atoms with E-state index in [1.807, 2.05) is 0 Å². The summed E-state index contributed by atoms with van der Waals surface area (Å²) in [5.41, 5.74) is 0. The van der Waals surface area contributed by atoms with Crippen LogP contribution in [-0.2, 0) is 10.0 Å². The van der Waals surface area contributed by atoms with Crippen molar-refractivity contribution in [2.24, 2.45) is 5.92 Å². The molecule has 0 bridgehead atoms. The minimum Gasteiger partial charge on any atom is -0.212 e. The molecule has 0 N–H and O–H groups in total. The quantitative estimate of drug-likeness (QED) is 0.491. The highest BCUT2D eigenvalue weighted by Gasteiger charge is 2.30. The third-order valence-corrected chi connectivity index (χ3v) is 5.02. The van der Waals surface area contributed by atoms with Gasteiger partial charge in [0, 0.05) is 19.5 Å². The van der Waals surface area contributed by atoms with Gasteiger partial charge in [-0.25, -0.2) is 12.7 Å². The summed E-state index contributed by atoms with van der Waals surface area (Å²) in [6.45, 7) is 0.631. The number of unbranched alkanes of at least 4 members (excludes halogenated alkanes) is 2. The average Bonchev–Trinajstić information content (AvgIpc) is 2.95. The third kappa shape index (κ3) is 5.18. The number of alkyl halides is 1. The molecule has 0 unspecified atom stereocenters. The zero-order valence-electron chi connectivity index (χ0n) is 9.28. The molecule has 90 valence electrons. The number of hydrogen-bond donors (Lipinski definition) is 0. The van der Waals surface area contributed by atoms with Crippen molar-refractivity contribution in [2.75, 3.05) is 25.2 Å². The zero-order valence-corrected chi connectivity index (χ0v) is 10.9. The molecule has 0 atom stereocenters. The Kier molecular flexibility index (Phi) is 5.36. The maximum atomic E-state index is 11.7. The maximum absolute atomic E-state index is 11.7. The Morgan fingerprint density at radius 1 is 1.27 bits per heavy atom. The van der Waals surface area contributed by atoms with Crippen LogP contribution in [0.15, 0.2) is 0 Å². The van der Waals surface area contributed by atoms with Crippen LogP contribution >= 0.6 is 11.6 Å². The first kappa shape index (κ1) is 13.3. The summed E-state index contributed by atoms with van der Waals surface area (Å²) in [4.78, 5) is 0. The Bertz CT molecular complexity index is 275. The molecule has 0 radical (unpaired) electrons. The molecule has 0 aliphatic heterocycles. The van der Waals surface area contributed by atoms with Crippen molar-refractivity contribution in [3.8, 4) is 0 Å². The minimum absolute atomic E-state index is 0.346. The molecule has 1 fully saturated rings. The lowest BCUT2D eigenvalue weighted by Crippen LogP contribution is -2.30. The van der Waals surface area contributed by atoms with Gasteiger partial charge in [0.25, 0.3) is 0 Å². The van der Waals surface area contributed by atoms with Gasteiger partial charge in [0.05, 0.1) is 5.75 Å². The highest BCUT2D eigenvalue weighted by atomic mass is 35.5. The summed E-state index contributed by atoms with van der Waals surface area (Å²) in [6.07, 6.45) is 5.05. The molecule has 0 aromatic heterocycles. The number of sulfonamides is 1. The predicted octanol–water partition coefficient (Wildman–Crippen LogP) is 2.07. The first-order chi connectivity index (χ1) is 7.06. The van der Waals surface area contributed by atoms with E-state index < -0.39 is 10.0 Å². The fourth-order valence-electron chi connectivity index (χ4n) is 1.45. The molecule has 0 heterocycles. The van der Waals surface area contributed by atoms with E-state index in [1.54, 1.807) is 7.05 Å². The van der Waals surface area contributed by atoms with E-state index in [0.29, 0.717) is 24.1 Å². The molecule has 0 spiro atoms. The largest absolute Gasteiger partial charge is 0.214 e. The monoisotopic (exact) mass is 253 g/mol. The van der Waals surface area contributed by atoms with Gasteiger partial charge >= 0.3 is 0 Å². The summed E-state index contributed by atoms with van der Waals surface area (Å²) in [5.74, 6) is 1.44. The smallest absolute Gasteiger partial charge is 0.212 e. The molecule has 1 aliphatic rings. The van der Waals surface area contributed by atoms with Crippen molar-refractivity contribution < 1.29 is 8.42 Å². The molecular formula is C10H20ClNO2S. The van der Waals surface area contributed by atoms with E-state index in [2.05, 4.69) is 0 Å². The van der Waals surface area contributed by atoms with Gasteiger partial charge in [-0.05, 0) is 31.6 Å². The number of hydrogen-bond acceptors (Lipinski definition) is 2. The van der Waals surface area contributed by atoms with Gasteiger partial charge in [-0.15, -0.1) is 11.6 Å². The van der Waals surface area contributed by atoms with Crippen LogP contribution in [-0.4, -0.2) is 37.9 Å². The summed E-state index contributed by atoms with van der Waals surface area (Å²) in [7, 11) is -1.30. The lowest BCUT2D eigenvalue weighted by molar-refractivity contribution is 0.452. The molecular weight excluding hydrogens is 234 g/mol. The van der Waals surface area contributed by atoms with Gasteiger partial charge < -0.3 is 0 Å². The van der Waals surface area contributed by atoms with Crippen molar-refractivity contribution in [1.82, 2.24) is 4.31 Å². The van der Waals surface area contributed by atoms with E-state index in [1.165, 1.54) is 4.31 Å². The molecule has 1 rings (SSSR count). The Hall–Kier alpha value is 0.200. The van der Waals surface area contributed by atoms with E-state index in [4.69, 9.17) is 11.6 Å². The van der Waals surface area contributed by atoms with Crippen LogP contribution in [0.5, 0.6) is 0 Å². The lowest BCUT2D eigenvalue weighted by Gasteiger charge is -2.16. The van der Waals surface area contributed by atoms with Gasteiger partial charge in [-0.2, -0.15) is 0 Å². The molecule has 0 saturated heterocycles. The lowest BCUT2D eigenvalue weighted by atomic mass is 10.2. The average molecular weight is 254 g/mol.